The summed E-state index contributed by atoms with van der Waals surface area (Å²) in [6.07, 6.45) is 0. The number of allylic oxidation sites excluding steroid dienone is 1. The summed E-state index contributed by atoms with van der Waals surface area (Å²) in [6.45, 7) is 0. The fraction of sp³-hybridized carbons (Fsp3) is 0. The van der Waals surface area contributed by atoms with E-state index in [2.05, 4.69) is 0 Å². The molecule has 0 fully saturated rings. The highest BCUT2D eigenvalue weighted by Gasteiger charge is 2.20. The molecular weight excluding hydrogens is 212 g/mol. The van der Waals surface area contributed by atoms with Gasteiger partial charge >= 0.3 is 0 Å². The SMILES string of the molecule is N#CC(C#N)=C1Sc2ccccc2S1. The van der Waals surface area contributed by atoms with Gasteiger partial charge in [0.2, 0.25) is 0 Å². The molecule has 0 bridgehead atoms. The van der Waals surface area contributed by atoms with E-state index in [9.17, 15) is 0 Å². The fourth-order valence-corrected chi connectivity index (χ4v) is 3.43. The lowest BCUT2D eigenvalue weighted by Gasteiger charge is -1.90. The van der Waals surface area contributed by atoms with Gasteiger partial charge in [0.25, 0.3) is 0 Å². The normalized spacial score (nSPS) is 12.9. The highest BCUT2D eigenvalue weighted by molar-refractivity contribution is 8.24. The van der Waals surface area contributed by atoms with Gasteiger partial charge in [0.15, 0.2) is 0 Å². The number of hydrogen-bond donors (Lipinski definition) is 0. The van der Waals surface area contributed by atoms with Crippen molar-refractivity contribution in [3.63, 3.8) is 0 Å². The van der Waals surface area contributed by atoms with Crippen LogP contribution in [-0.4, -0.2) is 0 Å². The molecule has 1 aliphatic heterocycles. The average molecular weight is 216 g/mol. The van der Waals surface area contributed by atoms with E-state index in [-0.39, 0.29) is 5.57 Å². The van der Waals surface area contributed by atoms with E-state index < -0.39 is 0 Å². The molecule has 0 spiro atoms. The van der Waals surface area contributed by atoms with Crippen LogP contribution in [0.25, 0.3) is 0 Å². The first-order chi connectivity index (χ1) is 6.85. The average Bonchev–Trinajstić information content (AvgIpc) is 2.63. The van der Waals surface area contributed by atoms with Crippen molar-refractivity contribution in [2.75, 3.05) is 0 Å². The van der Waals surface area contributed by atoms with Gasteiger partial charge in [-0.1, -0.05) is 35.7 Å². The van der Waals surface area contributed by atoms with Gasteiger partial charge in [-0.05, 0) is 12.1 Å². The third-order valence-corrected chi connectivity index (χ3v) is 4.24. The second-order valence-electron chi connectivity index (χ2n) is 2.54. The highest BCUT2D eigenvalue weighted by Crippen LogP contribution is 2.51. The van der Waals surface area contributed by atoms with E-state index in [0.717, 1.165) is 14.0 Å². The fourth-order valence-electron chi connectivity index (χ4n) is 1.06. The maximum atomic E-state index is 8.71. The third kappa shape index (κ3) is 1.50. The minimum absolute atomic E-state index is 0.205. The Morgan fingerprint density at radius 2 is 1.50 bits per heavy atom. The summed E-state index contributed by atoms with van der Waals surface area (Å²) in [6, 6.07) is 11.7. The first-order valence-electron chi connectivity index (χ1n) is 3.84. The Bertz CT molecular complexity index is 449. The molecule has 0 N–H and O–H groups in total. The molecular formula is C10H4N2S2. The molecule has 1 aliphatic rings. The van der Waals surface area contributed by atoms with Gasteiger partial charge in [-0.2, -0.15) is 10.5 Å². The lowest BCUT2D eigenvalue weighted by Crippen LogP contribution is -1.73. The van der Waals surface area contributed by atoms with E-state index in [1.807, 2.05) is 36.4 Å². The molecule has 0 unspecified atom stereocenters. The number of benzene rings is 1. The zero-order valence-corrected chi connectivity index (χ0v) is 8.65. The number of rotatable bonds is 0. The Hall–Kier alpha value is -1.36. The van der Waals surface area contributed by atoms with Crippen molar-refractivity contribution in [3.8, 4) is 12.1 Å². The predicted octanol–water partition coefficient (Wildman–Crippen LogP) is 3.14. The smallest absolute Gasteiger partial charge is 0.150 e. The second-order valence-corrected chi connectivity index (χ2v) is 4.90. The molecule has 1 heterocycles. The summed E-state index contributed by atoms with van der Waals surface area (Å²) in [4.78, 5) is 2.24. The Morgan fingerprint density at radius 3 is 1.93 bits per heavy atom. The monoisotopic (exact) mass is 216 g/mol. The largest absolute Gasteiger partial charge is 0.192 e. The van der Waals surface area contributed by atoms with Crippen molar-refractivity contribution < 1.29 is 0 Å². The first kappa shape index (κ1) is 9.21. The van der Waals surface area contributed by atoms with Crippen LogP contribution in [0.4, 0.5) is 0 Å². The van der Waals surface area contributed by atoms with E-state index in [1.54, 1.807) is 0 Å². The Morgan fingerprint density at radius 1 is 1.00 bits per heavy atom. The lowest BCUT2D eigenvalue weighted by atomic mass is 10.4. The van der Waals surface area contributed by atoms with Crippen molar-refractivity contribution in [2.45, 2.75) is 9.79 Å². The summed E-state index contributed by atoms with van der Waals surface area (Å²) in [5, 5.41) is 17.4. The minimum atomic E-state index is 0.205. The van der Waals surface area contributed by atoms with Gasteiger partial charge in [-0.3, -0.25) is 0 Å². The number of hydrogen-bond acceptors (Lipinski definition) is 4. The summed E-state index contributed by atoms with van der Waals surface area (Å²) in [5.74, 6) is 0. The Kier molecular flexibility index (Phi) is 2.49. The van der Waals surface area contributed by atoms with Crippen molar-refractivity contribution in [1.82, 2.24) is 0 Å². The summed E-state index contributed by atoms with van der Waals surface area (Å²) >= 11 is 2.98. The van der Waals surface area contributed by atoms with Gasteiger partial charge < -0.3 is 0 Å². The summed E-state index contributed by atoms with van der Waals surface area (Å²) in [5.41, 5.74) is 0.205. The summed E-state index contributed by atoms with van der Waals surface area (Å²) in [7, 11) is 0. The van der Waals surface area contributed by atoms with Gasteiger partial charge in [-0.25, -0.2) is 0 Å². The summed E-state index contributed by atoms with van der Waals surface area (Å²) < 4.78 is 0.788. The van der Waals surface area contributed by atoms with Gasteiger partial charge in [0.1, 0.15) is 17.7 Å². The molecule has 66 valence electrons. The van der Waals surface area contributed by atoms with Crippen molar-refractivity contribution in [3.05, 3.63) is 34.1 Å². The molecule has 0 saturated heterocycles. The van der Waals surface area contributed by atoms with Crippen molar-refractivity contribution in [2.24, 2.45) is 0 Å². The van der Waals surface area contributed by atoms with Crippen LogP contribution in [-0.2, 0) is 0 Å². The van der Waals surface area contributed by atoms with E-state index in [4.69, 9.17) is 10.5 Å². The molecule has 4 heteroatoms. The van der Waals surface area contributed by atoms with Gasteiger partial charge in [0, 0.05) is 9.79 Å². The van der Waals surface area contributed by atoms with Crippen LogP contribution in [0.15, 0.2) is 43.9 Å². The molecule has 0 saturated carbocycles. The molecule has 0 aromatic heterocycles. The number of fused-ring (bicyclic) bond motifs is 1. The zero-order valence-electron chi connectivity index (χ0n) is 7.02. The topological polar surface area (TPSA) is 47.6 Å². The Labute approximate surface area is 90.2 Å². The van der Waals surface area contributed by atoms with Crippen molar-refractivity contribution >= 4 is 23.5 Å². The third-order valence-electron chi connectivity index (χ3n) is 1.68. The zero-order chi connectivity index (χ0) is 9.97. The van der Waals surface area contributed by atoms with Crippen LogP contribution in [0.3, 0.4) is 0 Å². The van der Waals surface area contributed by atoms with Gasteiger partial charge in [0.05, 0.1) is 4.24 Å². The van der Waals surface area contributed by atoms with Crippen LogP contribution in [0.1, 0.15) is 0 Å². The van der Waals surface area contributed by atoms with E-state index in [0.29, 0.717) is 0 Å². The maximum Gasteiger partial charge on any atom is 0.150 e. The molecule has 0 radical (unpaired) electrons. The molecule has 2 nitrogen and oxygen atoms in total. The molecule has 1 aromatic carbocycles. The van der Waals surface area contributed by atoms with Crippen LogP contribution >= 0.6 is 23.5 Å². The first-order valence-corrected chi connectivity index (χ1v) is 5.47. The van der Waals surface area contributed by atoms with E-state index >= 15 is 0 Å². The van der Waals surface area contributed by atoms with Crippen LogP contribution in [0, 0.1) is 22.7 Å². The van der Waals surface area contributed by atoms with Gasteiger partial charge in [-0.15, -0.1) is 0 Å². The standard InChI is InChI=1S/C10H4N2S2/c11-5-7(6-12)10-13-8-3-1-2-4-9(8)14-10/h1-4H. The van der Waals surface area contributed by atoms with Crippen LogP contribution < -0.4 is 0 Å². The second kappa shape index (κ2) is 3.79. The number of thioether (sulfide) groups is 2. The number of nitrogens with zero attached hydrogens (tertiary/aromatic N) is 2. The molecule has 0 amide bonds. The quantitative estimate of drug-likeness (QED) is 0.625. The predicted molar refractivity (Wildman–Crippen MR) is 56.4 cm³/mol. The number of nitriles is 2. The van der Waals surface area contributed by atoms with Crippen LogP contribution in [0.2, 0.25) is 0 Å². The Balaban J connectivity index is 2.43. The van der Waals surface area contributed by atoms with Crippen molar-refractivity contribution in [1.29, 1.82) is 10.5 Å². The van der Waals surface area contributed by atoms with Crippen LogP contribution in [0.5, 0.6) is 0 Å². The minimum Gasteiger partial charge on any atom is -0.192 e. The maximum absolute atomic E-state index is 8.71. The highest BCUT2D eigenvalue weighted by atomic mass is 32.2. The lowest BCUT2D eigenvalue weighted by molar-refractivity contribution is 1.27. The van der Waals surface area contributed by atoms with E-state index in [1.165, 1.54) is 23.5 Å². The molecule has 1 aromatic rings. The molecule has 2 rings (SSSR count). The molecule has 0 aliphatic carbocycles. The molecule has 14 heavy (non-hydrogen) atoms. The molecule has 0 atom stereocenters.